The van der Waals surface area contributed by atoms with Gasteiger partial charge in [0, 0.05) is 6.54 Å². The van der Waals surface area contributed by atoms with Crippen molar-refractivity contribution < 1.29 is 19.0 Å². The van der Waals surface area contributed by atoms with Crippen LogP contribution < -0.4 is 4.74 Å². The zero-order chi connectivity index (χ0) is 19.5. The molecule has 0 spiro atoms. The summed E-state index contributed by atoms with van der Waals surface area (Å²) in [5.74, 6) is -0.123. The number of hydrogen-bond donors (Lipinski definition) is 1. The van der Waals surface area contributed by atoms with Gasteiger partial charge in [0.2, 0.25) is 0 Å². The van der Waals surface area contributed by atoms with Crippen molar-refractivity contribution in [3.63, 3.8) is 0 Å². The molecule has 140 valence electrons. The quantitative estimate of drug-likeness (QED) is 0.538. The van der Waals surface area contributed by atoms with Crippen molar-refractivity contribution in [3.05, 3.63) is 95.6 Å². The molecule has 0 aliphatic heterocycles. The van der Waals surface area contributed by atoms with Crippen LogP contribution in [0.3, 0.4) is 0 Å². The van der Waals surface area contributed by atoms with Gasteiger partial charge in [0.05, 0.1) is 16.6 Å². The highest BCUT2D eigenvalue weighted by molar-refractivity contribution is 5.88. The van der Waals surface area contributed by atoms with Crippen LogP contribution in [0.4, 0.5) is 4.39 Å². The average Bonchev–Trinajstić information content (AvgIpc) is 3.06. The molecule has 1 N–H and O–H groups in total. The van der Waals surface area contributed by atoms with E-state index in [2.05, 4.69) is 4.98 Å². The molecule has 3 aromatic carbocycles. The predicted octanol–water partition coefficient (Wildman–Crippen LogP) is 4.50. The van der Waals surface area contributed by atoms with Crippen molar-refractivity contribution in [1.82, 2.24) is 9.55 Å². The highest BCUT2D eigenvalue weighted by Crippen LogP contribution is 2.21. The third-order valence-electron chi connectivity index (χ3n) is 4.44. The number of para-hydroxylation sites is 2. The molecule has 0 bridgehead atoms. The molecule has 28 heavy (non-hydrogen) atoms. The number of rotatable bonds is 6. The number of fused-ring (bicyclic) bond motifs is 1. The Morgan fingerprint density at radius 1 is 1.04 bits per heavy atom. The Morgan fingerprint density at radius 3 is 2.61 bits per heavy atom. The molecule has 4 aromatic rings. The Morgan fingerprint density at radius 2 is 1.82 bits per heavy atom. The van der Waals surface area contributed by atoms with E-state index in [1.807, 2.05) is 28.8 Å². The van der Waals surface area contributed by atoms with Crippen LogP contribution in [-0.2, 0) is 13.2 Å². The molecular formula is C22H17FN2O3. The average molecular weight is 376 g/mol. The highest BCUT2D eigenvalue weighted by atomic mass is 19.1. The van der Waals surface area contributed by atoms with Gasteiger partial charge in [-0.05, 0) is 48.0 Å². The summed E-state index contributed by atoms with van der Waals surface area (Å²) in [6.45, 7) is 0.702. The van der Waals surface area contributed by atoms with Crippen LogP contribution in [-0.4, -0.2) is 20.6 Å². The van der Waals surface area contributed by atoms with Gasteiger partial charge in [-0.15, -0.1) is 0 Å². The van der Waals surface area contributed by atoms with Crippen LogP contribution >= 0.6 is 0 Å². The van der Waals surface area contributed by atoms with E-state index in [9.17, 15) is 9.18 Å². The molecule has 0 aliphatic rings. The molecular weight excluding hydrogens is 359 g/mol. The van der Waals surface area contributed by atoms with Crippen molar-refractivity contribution in [3.8, 4) is 5.75 Å². The van der Waals surface area contributed by atoms with Gasteiger partial charge in [-0.3, -0.25) is 0 Å². The van der Waals surface area contributed by atoms with E-state index in [4.69, 9.17) is 9.84 Å². The standard InChI is InChI=1S/C22H17FN2O3/c23-17-10-8-15(9-11-17)13-25-20-7-2-1-6-19(20)24-21(25)14-28-18-5-3-4-16(12-18)22(26)27/h1-12H,13-14H2,(H,26,27). The lowest BCUT2D eigenvalue weighted by atomic mass is 10.2. The van der Waals surface area contributed by atoms with E-state index in [1.54, 1.807) is 24.3 Å². The number of halogens is 1. The van der Waals surface area contributed by atoms with E-state index in [0.29, 0.717) is 18.1 Å². The van der Waals surface area contributed by atoms with E-state index >= 15 is 0 Å². The second kappa shape index (κ2) is 7.52. The first-order chi connectivity index (χ1) is 13.6. The molecule has 0 radical (unpaired) electrons. The summed E-state index contributed by atoms with van der Waals surface area (Å²) in [5, 5.41) is 9.12. The predicted molar refractivity (Wildman–Crippen MR) is 103 cm³/mol. The first-order valence-electron chi connectivity index (χ1n) is 8.75. The number of aromatic carboxylic acids is 1. The summed E-state index contributed by atoms with van der Waals surface area (Å²) in [6, 6.07) is 20.4. The zero-order valence-corrected chi connectivity index (χ0v) is 14.9. The fraction of sp³-hybridized carbons (Fsp3) is 0.0909. The molecule has 0 fully saturated rings. The van der Waals surface area contributed by atoms with Gasteiger partial charge in [0.15, 0.2) is 0 Å². The van der Waals surface area contributed by atoms with Gasteiger partial charge in [-0.2, -0.15) is 0 Å². The number of carboxylic acid groups (broad SMARTS) is 1. The smallest absolute Gasteiger partial charge is 0.335 e. The van der Waals surface area contributed by atoms with Gasteiger partial charge >= 0.3 is 5.97 Å². The fourth-order valence-corrected chi connectivity index (χ4v) is 3.05. The number of carboxylic acids is 1. The minimum Gasteiger partial charge on any atom is -0.486 e. The first-order valence-corrected chi connectivity index (χ1v) is 8.75. The number of ether oxygens (including phenoxy) is 1. The largest absolute Gasteiger partial charge is 0.486 e. The number of hydrogen-bond acceptors (Lipinski definition) is 3. The van der Waals surface area contributed by atoms with Crippen molar-refractivity contribution in [2.24, 2.45) is 0 Å². The van der Waals surface area contributed by atoms with Crippen LogP contribution in [0.5, 0.6) is 5.75 Å². The molecule has 1 heterocycles. The molecule has 0 saturated carbocycles. The SMILES string of the molecule is O=C(O)c1cccc(OCc2nc3ccccc3n2Cc2ccc(F)cc2)c1. The molecule has 4 rings (SSSR count). The third kappa shape index (κ3) is 3.71. The molecule has 6 heteroatoms. The molecule has 5 nitrogen and oxygen atoms in total. The summed E-state index contributed by atoms with van der Waals surface area (Å²) < 4.78 is 21.0. The zero-order valence-electron chi connectivity index (χ0n) is 14.9. The number of aromatic nitrogens is 2. The molecule has 0 atom stereocenters. The van der Waals surface area contributed by atoms with Crippen molar-refractivity contribution in [2.45, 2.75) is 13.2 Å². The lowest BCUT2D eigenvalue weighted by Crippen LogP contribution is -2.08. The second-order valence-corrected chi connectivity index (χ2v) is 6.35. The molecule has 0 amide bonds. The summed E-state index contributed by atoms with van der Waals surface area (Å²) in [5.41, 5.74) is 2.89. The lowest BCUT2D eigenvalue weighted by Gasteiger charge is -2.11. The van der Waals surface area contributed by atoms with Gasteiger partial charge in [-0.1, -0.05) is 30.3 Å². The third-order valence-corrected chi connectivity index (χ3v) is 4.44. The van der Waals surface area contributed by atoms with Gasteiger partial charge in [0.1, 0.15) is 24.0 Å². The van der Waals surface area contributed by atoms with Crippen LogP contribution in [0.1, 0.15) is 21.7 Å². The Balaban J connectivity index is 1.63. The number of imidazole rings is 1. The Labute approximate surface area is 160 Å². The van der Waals surface area contributed by atoms with Crippen LogP contribution in [0.15, 0.2) is 72.8 Å². The molecule has 0 unspecified atom stereocenters. The van der Waals surface area contributed by atoms with Crippen LogP contribution in [0.25, 0.3) is 11.0 Å². The summed E-state index contributed by atoms with van der Waals surface area (Å²) in [7, 11) is 0. The van der Waals surface area contributed by atoms with E-state index in [0.717, 1.165) is 16.6 Å². The van der Waals surface area contributed by atoms with Crippen LogP contribution in [0.2, 0.25) is 0 Å². The van der Waals surface area contributed by atoms with Crippen molar-refractivity contribution in [1.29, 1.82) is 0 Å². The van der Waals surface area contributed by atoms with Gasteiger partial charge in [0.25, 0.3) is 0 Å². The van der Waals surface area contributed by atoms with Crippen LogP contribution in [0, 0.1) is 5.82 Å². The van der Waals surface area contributed by atoms with E-state index < -0.39 is 5.97 Å². The molecule has 0 aliphatic carbocycles. The summed E-state index contributed by atoms with van der Waals surface area (Å²) in [4.78, 5) is 15.8. The molecule has 0 saturated heterocycles. The maximum Gasteiger partial charge on any atom is 0.335 e. The normalized spacial score (nSPS) is 10.9. The molecule has 1 aromatic heterocycles. The number of benzene rings is 3. The Kier molecular flexibility index (Phi) is 4.76. The monoisotopic (exact) mass is 376 g/mol. The number of carbonyl (C=O) groups is 1. The summed E-state index contributed by atoms with van der Waals surface area (Å²) >= 11 is 0. The fourth-order valence-electron chi connectivity index (χ4n) is 3.05. The number of nitrogens with zero attached hydrogens (tertiary/aromatic N) is 2. The maximum absolute atomic E-state index is 13.2. The van der Waals surface area contributed by atoms with Crippen molar-refractivity contribution >= 4 is 17.0 Å². The van der Waals surface area contributed by atoms with Gasteiger partial charge < -0.3 is 14.4 Å². The Bertz CT molecular complexity index is 1140. The topological polar surface area (TPSA) is 64.3 Å². The van der Waals surface area contributed by atoms with Gasteiger partial charge in [-0.25, -0.2) is 14.2 Å². The minimum atomic E-state index is -1.01. The highest BCUT2D eigenvalue weighted by Gasteiger charge is 2.12. The first kappa shape index (κ1) is 17.7. The minimum absolute atomic E-state index is 0.164. The van der Waals surface area contributed by atoms with E-state index in [1.165, 1.54) is 24.3 Å². The second-order valence-electron chi connectivity index (χ2n) is 6.35. The van der Waals surface area contributed by atoms with E-state index in [-0.39, 0.29) is 18.0 Å². The lowest BCUT2D eigenvalue weighted by molar-refractivity contribution is 0.0696. The maximum atomic E-state index is 13.2. The summed E-state index contributed by atoms with van der Waals surface area (Å²) in [6.07, 6.45) is 0. The van der Waals surface area contributed by atoms with Crippen molar-refractivity contribution in [2.75, 3.05) is 0 Å². The Hall–Kier alpha value is -3.67.